The van der Waals surface area contributed by atoms with E-state index in [1.165, 1.54) is 23.9 Å². The van der Waals surface area contributed by atoms with E-state index in [2.05, 4.69) is 81.9 Å². The van der Waals surface area contributed by atoms with Crippen LogP contribution in [0.15, 0.2) is 36.5 Å². The van der Waals surface area contributed by atoms with Gasteiger partial charge in [-0.2, -0.15) is 0 Å². The quantitative estimate of drug-likeness (QED) is 0.0890. The van der Waals surface area contributed by atoms with Crippen LogP contribution in [0.2, 0.25) is 0 Å². The molecule has 76 heavy (non-hydrogen) atoms. The molecule has 3 aromatic rings. The van der Waals surface area contributed by atoms with Gasteiger partial charge in [-0.1, -0.05) is 33.6 Å². The number of nitrogens with one attached hydrogen (secondary N) is 1. The van der Waals surface area contributed by atoms with Crippen molar-refractivity contribution in [1.82, 2.24) is 39.0 Å². The highest BCUT2D eigenvalue weighted by atomic mass is 32.2. The standard InChI is InChI=1S/C56H77FN9O8SSi/c1-13-64-43-19-18-36-30-40(43)41(46(64)38-16-14-24-58-47(38)55(8,76)72-12)32-53(4,5)34-74-51(70)39-17-15-25-65(66-50(39)75-66)49(69)42(31-37-33-63(36)28-29-73-37)59-48(68)45(35(2)3)61(11)52(71)56(57)22-26-62(27-23-56)44(67)20-21-54(6,7)60(9)10/h14,16,18-19,24,30,35,37,39,42,45,50H,13,15,17,22-23,25-29,31-34H2,1-12H3,(H,59,68)/t37-,39+,42-,45-,50?,55+,66?/m0/s1. The Morgan fingerprint density at radius 1 is 1.08 bits per heavy atom. The number of carbonyl (C=O) groups is 5. The maximum Gasteiger partial charge on any atom is 0.311 e. The molecule has 2 unspecified atom stereocenters. The largest absolute Gasteiger partial charge is 0.465 e. The monoisotopic (exact) mass is 1080 g/mol. The van der Waals surface area contributed by atoms with Gasteiger partial charge in [0.05, 0.1) is 57.6 Å². The summed E-state index contributed by atoms with van der Waals surface area (Å²) in [5.41, 5.74) is 2.34. The first-order chi connectivity index (χ1) is 35.8. The maximum atomic E-state index is 16.9. The number of anilines is 1. The van der Waals surface area contributed by atoms with Crippen molar-refractivity contribution in [2.45, 2.75) is 140 Å². The Kier molecular flexibility index (Phi) is 16.8. The average Bonchev–Trinajstić information content (AvgIpc) is 4.18. The van der Waals surface area contributed by atoms with Crippen molar-refractivity contribution in [3.63, 3.8) is 0 Å². The molecule has 0 saturated carbocycles. The Balaban J connectivity index is 1.10. The van der Waals surface area contributed by atoms with Crippen molar-refractivity contribution in [3.8, 4) is 23.1 Å². The lowest BCUT2D eigenvalue weighted by Crippen LogP contribution is -2.61. The van der Waals surface area contributed by atoms with E-state index in [4.69, 9.17) is 19.2 Å². The summed E-state index contributed by atoms with van der Waals surface area (Å²) >= 11 is 1.40. The summed E-state index contributed by atoms with van der Waals surface area (Å²) in [7, 11) is 10.7. The van der Waals surface area contributed by atoms with Gasteiger partial charge >= 0.3 is 5.97 Å². The summed E-state index contributed by atoms with van der Waals surface area (Å²) in [5, 5.41) is 4.49. The van der Waals surface area contributed by atoms with Crippen LogP contribution >= 0.6 is 11.9 Å². The zero-order valence-electron chi connectivity index (χ0n) is 46.5. The van der Waals surface area contributed by atoms with Crippen molar-refractivity contribution >= 4 is 68.4 Å². The summed E-state index contributed by atoms with van der Waals surface area (Å²) in [6.07, 6.45) is 2.45. The number of nitrogens with zero attached hydrogens (tertiary/aromatic N) is 8. The number of likely N-dealkylation sites (N-methyl/N-ethyl adjacent to an activating group) is 1. The van der Waals surface area contributed by atoms with E-state index in [9.17, 15) is 19.2 Å². The van der Waals surface area contributed by atoms with Gasteiger partial charge in [0.1, 0.15) is 17.5 Å². The first-order valence-corrected chi connectivity index (χ1v) is 28.1. The predicted octanol–water partition coefficient (Wildman–Crippen LogP) is 5.52. The number of pyridine rings is 1. The highest BCUT2D eigenvalue weighted by Crippen LogP contribution is 2.50. The number of morpholine rings is 1. The molecule has 8 rings (SSSR count). The average molecular weight is 1080 g/mol. The van der Waals surface area contributed by atoms with E-state index in [-0.39, 0.29) is 56.2 Å². The molecule has 1 N–H and O–H groups in total. The minimum Gasteiger partial charge on any atom is -0.465 e. The summed E-state index contributed by atoms with van der Waals surface area (Å²) in [6.45, 7) is 18.1. The van der Waals surface area contributed by atoms with Gasteiger partial charge in [-0.3, -0.25) is 38.9 Å². The van der Waals surface area contributed by atoms with Crippen molar-refractivity contribution in [1.29, 1.82) is 0 Å². The third-order valence-corrected chi connectivity index (χ3v) is 17.7. The highest BCUT2D eigenvalue weighted by Gasteiger charge is 2.54. The molecule has 2 aromatic heterocycles. The number of carbonyl (C=O) groups excluding carboxylic acids is 5. The van der Waals surface area contributed by atoms with Crippen LogP contribution in [0.25, 0.3) is 22.2 Å². The molecule has 17 nitrogen and oxygen atoms in total. The van der Waals surface area contributed by atoms with Crippen LogP contribution in [0, 0.1) is 29.1 Å². The van der Waals surface area contributed by atoms with E-state index in [0.29, 0.717) is 52.0 Å². The third kappa shape index (κ3) is 11.7. The molecule has 3 radical (unpaired) electrons. The van der Waals surface area contributed by atoms with Crippen LogP contribution in [0.5, 0.6) is 0 Å². The number of hydrogen-bond donors (Lipinski definition) is 1. The van der Waals surface area contributed by atoms with Gasteiger partial charge in [0, 0.05) is 106 Å². The number of ether oxygens (including phenoxy) is 3. The predicted molar refractivity (Wildman–Crippen MR) is 292 cm³/mol. The number of fused-ring (bicyclic) bond motifs is 4. The second-order valence-electron chi connectivity index (χ2n) is 23.2. The number of likely N-dealkylation sites (tertiary alicyclic amines) is 1. The van der Waals surface area contributed by atoms with Gasteiger partial charge in [0.2, 0.25) is 5.91 Å². The number of hydrazine groups is 1. The van der Waals surface area contributed by atoms with Gasteiger partial charge in [-0.25, -0.2) is 4.39 Å². The van der Waals surface area contributed by atoms with Crippen molar-refractivity contribution in [3.05, 3.63) is 47.8 Å². The molecule has 4 fully saturated rings. The Morgan fingerprint density at radius 3 is 2.47 bits per heavy atom. The van der Waals surface area contributed by atoms with E-state index in [1.807, 2.05) is 50.2 Å². The fraction of sp³-hybridized carbons (Fsp3) is 0.643. The number of rotatable bonds is 10. The number of cyclic esters (lactones) is 1. The van der Waals surface area contributed by atoms with E-state index in [1.54, 1.807) is 32.2 Å². The molecule has 0 spiro atoms. The van der Waals surface area contributed by atoms with Crippen LogP contribution in [0.4, 0.5) is 10.1 Å². The Morgan fingerprint density at radius 2 is 1.80 bits per heavy atom. The van der Waals surface area contributed by atoms with Gasteiger partial charge in [0.25, 0.3) is 17.7 Å². The van der Waals surface area contributed by atoms with Crippen molar-refractivity contribution < 1.29 is 42.6 Å². The SMILES string of the molecule is CCn1c(-c2cccnc2[C@@](C)([Si])OC)c2c3cc(ccc31)N1CCO[C@@H](C[C@H](NC(=O)[C@H](C(C)C)N(C)C(=O)C3(F)CCN(C(=O)C#CC(C)(C)N(C)C)CC3)C(=O)N3CCC[C@@H](C(=O)OCC(C)(C)C2)C2SN23)C1. The van der Waals surface area contributed by atoms with Crippen LogP contribution in [0.1, 0.15) is 98.8 Å². The van der Waals surface area contributed by atoms with Gasteiger partial charge in [0.15, 0.2) is 5.67 Å². The Labute approximate surface area is 455 Å². The number of benzene rings is 1. The van der Waals surface area contributed by atoms with Crippen molar-refractivity contribution in [2.75, 3.05) is 79.1 Å². The molecule has 20 heteroatoms. The first-order valence-electron chi connectivity index (χ1n) is 26.8. The number of piperidine rings is 1. The highest BCUT2D eigenvalue weighted by molar-refractivity contribution is 8.03. The molecule has 0 aliphatic carbocycles. The first kappa shape index (κ1) is 57.1. The van der Waals surface area contributed by atoms with E-state index < -0.39 is 69.6 Å². The Hall–Kier alpha value is -5.04. The summed E-state index contributed by atoms with van der Waals surface area (Å²) in [5.74, 6) is 2.11. The van der Waals surface area contributed by atoms with Gasteiger partial charge in [-0.15, -0.1) is 4.41 Å². The minimum atomic E-state index is -2.33. The summed E-state index contributed by atoms with van der Waals surface area (Å²) in [6, 6.07) is 8.24. The fourth-order valence-electron chi connectivity index (χ4n) is 11.1. The topological polar surface area (TPSA) is 162 Å². The number of hydrogen-bond acceptors (Lipinski definition) is 13. The van der Waals surface area contributed by atoms with Crippen molar-refractivity contribution in [2.24, 2.45) is 17.3 Å². The molecule has 7 atom stereocenters. The number of aryl methyl sites for hydroxylation is 1. The molecule has 6 bridgehead atoms. The van der Waals surface area contributed by atoms with Gasteiger partial charge < -0.3 is 38.8 Å². The molecular weight excluding hydrogens is 1010 g/mol. The van der Waals surface area contributed by atoms with Gasteiger partial charge in [-0.05, 0) is 121 Å². The molecule has 4 saturated heterocycles. The number of alkyl halides is 1. The normalized spacial score (nSPS) is 25.1. The number of aromatic nitrogens is 2. The number of methoxy groups -OCH3 is 1. The minimum absolute atomic E-state index is 0.0129. The fourth-order valence-corrected chi connectivity index (χ4v) is 12.4. The second-order valence-corrected chi connectivity index (χ2v) is 25.2. The van der Waals surface area contributed by atoms with Crippen LogP contribution in [-0.4, -0.2) is 182 Å². The summed E-state index contributed by atoms with van der Waals surface area (Å²) < 4.78 is 39.7. The zero-order chi connectivity index (χ0) is 55.2. The Bertz CT molecular complexity index is 2770. The summed E-state index contributed by atoms with van der Waals surface area (Å²) in [4.78, 5) is 83.1. The molecule has 1 aromatic carbocycles. The molecule has 4 amide bonds. The number of amides is 4. The lowest BCUT2D eigenvalue weighted by molar-refractivity contribution is -0.155. The van der Waals surface area contributed by atoms with E-state index >= 15 is 9.18 Å². The maximum absolute atomic E-state index is 16.9. The van der Waals surface area contributed by atoms with E-state index in [0.717, 1.165) is 44.0 Å². The lowest BCUT2D eigenvalue weighted by Gasteiger charge is -2.40. The molecule has 411 valence electrons. The van der Waals surface area contributed by atoms with Crippen LogP contribution in [-0.2, 0) is 56.4 Å². The smallest absolute Gasteiger partial charge is 0.311 e. The molecule has 7 heterocycles. The number of esters is 1. The van der Waals surface area contributed by atoms with Crippen LogP contribution in [0.3, 0.4) is 0 Å². The lowest BCUT2D eigenvalue weighted by atomic mass is 9.84. The number of halogens is 1. The zero-order valence-corrected chi connectivity index (χ0v) is 48.3. The third-order valence-electron chi connectivity index (χ3n) is 16.1. The molecule has 5 aliphatic heterocycles. The molecule has 5 aliphatic rings. The van der Waals surface area contributed by atoms with Crippen LogP contribution < -0.4 is 10.2 Å². The second kappa shape index (κ2) is 22.4. The molecular formula is C56H77FN9O8SSi.